The fourth-order valence-electron chi connectivity index (χ4n) is 9.67. The summed E-state index contributed by atoms with van der Waals surface area (Å²) in [4.78, 5) is 0. The predicted octanol–water partition coefficient (Wildman–Crippen LogP) is 8.41. The molecular weight excluding hydrogens is 390 g/mol. The summed E-state index contributed by atoms with van der Waals surface area (Å²) >= 11 is 0. The Balaban J connectivity index is 1.40. The topological polar surface area (TPSA) is 33.0 Å². The summed E-state index contributed by atoms with van der Waals surface area (Å²) in [7, 11) is 0. The molecule has 4 aliphatic carbocycles. The Labute approximate surface area is 199 Å². The third-order valence-electron chi connectivity index (χ3n) is 11.4. The summed E-state index contributed by atoms with van der Waals surface area (Å²) in [5.74, 6) is 6.51. The Morgan fingerprint density at radius 3 is 2.41 bits per heavy atom. The molecule has 0 aliphatic heterocycles. The molecule has 9 atom stereocenters. The van der Waals surface area contributed by atoms with Crippen LogP contribution >= 0.6 is 0 Å². The second-order valence-corrected chi connectivity index (χ2v) is 13.4. The number of rotatable bonds is 8. The standard InChI is InChI=1S/C30H51NO/c1-21(2)8-6-9-22(3)26-12-13-27-25-11-10-23-20-24(32-19-7-18-31)14-16-29(23,4)28(25)15-17-30(26,27)5/h21-28H,6-17,19-20H2,1-5H3/t22-,23+,24?,25-,26-,27-,28-,29-,30+/m0/s1. The number of hydrogen-bond donors (Lipinski definition) is 0. The average molecular weight is 442 g/mol. The van der Waals surface area contributed by atoms with Crippen molar-refractivity contribution in [3.05, 3.63) is 0 Å². The molecule has 4 saturated carbocycles. The normalized spacial score (nSPS) is 44.4. The van der Waals surface area contributed by atoms with E-state index in [0.29, 0.717) is 30.0 Å². The highest BCUT2D eigenvalue weighted by Gasteiger charge is 2.60. The van der Waals surface area contributed by atoms with E-state index < -0.39 is 0 Å². The number of nitriles is 1. The fraction of sp³-hybridized carbons (Fsp3) is 0.967. The molecule has 1 unspecified atom stereocenters. The molecule has 32 heavy (non-hydrogen) atoms. The van der Waals surface area contributed by atoms with Crippen LogP contribution in [0.2, 0.25) is 0 Å². The van der Waals surface area contributed by atoms with Crippen molar-refractivity contribution >= 4 is 0 Å². The first-order chi connectivity index (χ1) is 15.3. The van der Waals surface area contributed by atoms with Gasteiger partial charge in [0.25, 0.3) is 0 Å². The average Bonchev–Trinajstić information content (AvgIpc) is 3.11. The third-order valence-corrected chi connectivity index (χ3v) is 11.4. The number of nitrogens with zero attached hydrogens (tertiary/aromatic N) is 1. The molecule has 0 radical (unpaired) electrons. The maximum atomic E-state index is 8.84. The molecule has 2 nitrogen and oxygen atoms in total. The molecule has 4 rings (SSSR count). The zero-order valence-electron chi connectivity index (χ0n) is 21.9. The van der Waals surface area contributed by atoms with Crippen LogP contribution in [-0.4, -0.2) is 12.7 Å². The smallest absolute Gasteiger partial charge is 0.0645 e. The van der Waals surface area contributed by atoms with Crippen molar-refractivity contribution in [3.63, 3.8) is 0 Å². The monoisotopic (exact) mass is 441 g/mol. The van der Waals surface area contributed by atoms with Gasteiger partial charge >= 0.3 is 0 Å². The van der Waals surface area contributed by atoms with Gasteiger partial charge in [-0.3, -0.25) is 0 Å². The van der Waals surface area contributed by atoms with Crippen molar-refractivity contribution in [1.82, 2.24) is 0 Å². The van der Waals surface area contributed by atoms with Gasteiger partial charge in [-0.25, -0.2) is 0 Å². The Morgan fingerprint density at radius 1 is 0.906 bits per heavy atom. The Kier molecular flexibility index (Phi) is 7.66. The molecule has 2 heteroatoms. The molecule has 0 heterocycles. The van der Waals surface area contributed by atoms with Crippen molar-refractivity contribution in [2.75, 3.05) is 6.61 Å². The van der Waals surface area contributed by atoms with Gasteiger partial charge in [-0.2, -0.15) is 5.26 Å². The van der Waals surface area contributed by atoms with E-state index in [1.807, 2.05) is 0 Å². The van der Waals surface area contributed by atoms with E-state index in [9.17, 15) is 0 Å². The van der Waals surface area contributed by atoms with Crippen LogP contribution < -0.4 is 0 Å². The van der Waals surface area contributed by atoms with E-state index in [1.54, 1.807) is 0 Å². The molecule has 4 aliphatic rings. The van der Waals surface area contributed by atoms with Crippen molar-refractivity contribution in [2.45, 2.75) is 124 Å². The highest BCUT2D eigenvalue weighted by atomic mass is 16.5. The molecule has 0 aromatic rings. The van der Waals surface area contributed by atoms with E-state index in [2.05, 4.69) is 40.7 Å². The molecule has 0 bridgehead atoms. The number of ether oxygens (including phenoxy) is 1. The molecule has 0 spiro atoms. The Hall–Kier alpha value is -0.550. The van der Waals surface area contributed by atoms with Crippen LogP contribution in [-0.2, 0) is 4.74 Å². The maximum Gasteiger partial charge on any atom is 0.0645 e. The molecule has 0 saturated heterocycles. The first kappa shape index (κ1) is 24.6. The molecule has 0 aromatic carbocycles. The predicted molar refractivity (Wildman–Crippen MR) is 133 cm³/mol. The minimum Gasteiger partial charge on any atom is -0.377 e. The Bertz CT molecular complexity index is 666. The van der Waals surface area contributed by atoms with Crippen molar-refractivity contribution in [2.24, 2.45) is 52.3 Å². The van der Waals surface area contributed by atoms with Crippen LogP contribution in [0.1, 0.15) is 118 Å². The lowest BCUT2D eigenvalue weighted by Crippen LogP contribution is -2.54. The van der Waals surface area contributed by atoms with Crippen LogP contribution in [0.4, 0.5) is 0 Å². The van der Waals surface area contributed by atoms with E-state index >= 15 is 0 Å². The minimum atomic E-state index is 0.411. The molecule has 0 amide bonds. The van der Waals surface area contributed by atoms with Crippen molar-refractivity contribution in [1.29, 1.82) is 5.26 Å². The van der Waals surface area contributed by atoms with Gasteiger partial charge in [-0.05, 0) is 110 Å². The van der Waals surface area contributed by atoms with Crippen LogP contribution in [0.25, 0.3) is 0 Å². The summed E-state index contributed by atoms with van der Waals surface area (Å²) in [6.07, 6.45) is 18.0. The SMILES string of the molecule is CC(C)CCC[C@H](C)[C@@H]1CC[C@H]2[C@@H]3CC[C@@H]4CC(OCCC#N)CC[C@]4(C)[C@H]3CC[C@@]21C. The van der Waals surface area contributed by atoms with E-state index in [0.717, 1.165) is 41.4 Å². The van der Waals surface area contributed by atoms with Crippen molar-refractivity contribution in [3.8, 4) is 6.07 Å². The quantitative estimate of drug-likeness (QED) is 0.354. The number of hydrogen-bond acceptors (Lipinski definition) is 2. The molecule has 4 fully saturated rings. The van der Waals surface area contributed by atoms with Gasteiger partial charge in [-0.15, -0.1) is 0 Å². The van der Waals surface area contributed by atoms with Gasteiger partial charge in [0.1, 0.15) is 0 Å². The summed E-state index contributed by atoms with van der Waals surface area (Å²) < 4.78 is 6.10. The number of fused-ring (bicyclic) bond motifs is 5. The van der Waals surface area contributed by atoms with Crippen molar-refractivity contribution < 1.29 is 4.74 Å². The summed E-state index contributed by atoms with van der Waals surface area (Å²) in [5.41, 5.74) is 1.15. The van der Waals surface area contributed by atoms with Gasteiger partial charge < -0.3 is 4.74 Å². The van der Waals surface area contributed by atoms with Gasteiger partial charge in [0.2, 0.25) is 0 Å². The largest absolute Gasteiger partial charge is 0.377 e. The van der Waals surface area contributed by atoms with Crippen LogP contribution in [0, 0.1) is 63.6 Å². The first-order valence-electron chi connectivity index (χ1n) is 14.3. The molecule has 182 valence electrons. The van der Waals surface area contributed by atoms with Crippen LogP contribution in [0.3, 0.4) is 0 Å². The summed E-state index contributed by atoms with van der Waals surface area (Å²) in [6, 6.07) is 2.24. The van der Waals surface area contributed by atoms with Gasteiger partial charge in [0, 0.05) is 0 Å². The summed E-state index contributed by atoms with van der Waals surface area (Å²) in [6.45, 7) is 13.4. The molecule has 0 aromatic heterocycles. The van der Waals surface area contributed by atoms with E-state index in [1.165, 1.54) is 77.0 Å². The zero-order chi connectivity index (χ0) is 22.9. The maximum absolute atomic E-state index is 8.84. The second kappa shape index (κ2) is 9.98. The lowest BCUT2D eigenvalue weighted by Gasteiger charge is -2.61. The molecule has 0 N–H and O–H groups in total. The first-order valence-corrected chi connectivity index (χ1v) is 14.3. The highest BCUT2D eigenvalue weighted by Crippen LogP contribution is 2.68. The van der Waals surface area contributed by atoms with E-state index in [4.69, 9.17) is 10.00 Å². The zero-order valence-corrected chi connectivity index (χ0v) is 21.9. The fourth-order valence-corrected chi connectivity index (χ4v) is 9.67. The van der Waals surface area contributed by atoms with Gasteiger partial charge in [0.15, 0.2) is 0 Å². The van der Waals surface area contributed by atoms with Crippen LogP contribution in [0.15, 0.2) is 0 Å². The lowest BCUT2D eigenvalue weighted by molar-refractivity contribution is -0.136. The second-order valence-electron chi connectivity index (χ2n) is 13.4. The third kappa shape index (κ3) is 4.54. The lowest BCUT2D eigenvalue weighted by atomic mass is 9.44. The summed E-state index contributed by atoms with van der Waals surface area (Å²) in [5, 5.41) is 8.84. The minimum absolute atomic E-state index is 0.411. The Morgan fingerprint density at radius 2 is 1.66 bits per heavy atom. The van der Waals surface area contributed by atoms with Gasteiger partial charge in [-0.1, -0.05) is 53.9 Å². The molecular formula is C30H51NO. The van der Waals surface area contributed by atoms with Crippen LogP contribution in [0.5, 0.6) is 0 Å². The van der Waals surface area contributed by atoms with E-state index in [-0.39, 0.29) is 0 Å². The van der Waals surface area contributed by atoms with Gasteiger partial charge in [0.05, 0.1) is 25.2 Å². The highest BCUT2D eigenvalue weighted by molar-refractivity contribution is 5.09.